The van der Waals surface area contributed by atoms with E-state index in [9.17, 15) is 9.59 Å². The largest absolute Gasteiger partial charge is 0.338 e. The summed E-state index contributed by atoms with van der Waals surface area (Å²) in [5.41, 5.74) is 0.348. The molecule has 0 saturated carbocycles. The highest BCUT2D eigenvalue weighted by Gasteiger charge is 2.42. The molecule has 1 N–H and O–H groups in total. The molecule has 5 nitrogen and oxygen atoms in total. The van der Waals surface area contributed by atoms with Crippen molar-refractivity contribution >= 4 is 11.8 Å². The second-order valence-electron chi connectivity index (χ2n) is 6.42. The van der Waals surface area contributed by atoms with Crippen LogP contribution in [0.5, 0.6) is 0 Å². The number of hydrogen-bond donors (Lipinski definition) is 1. The van der Waals surface area contributed by atoms with Gasteiger partial charge in [-0.05, 0) is 37.9 Å². The summed E-state index contributed by atoms with van der Waals surface area (Å²) in [6, 6.07) is 9.35. The lowest BCUT2D eigenvalue weighted by Gasteiger charge is -2.39. The van der Waals surface area contributed by atoms with Gasteiger partial charge in [0.2, 0.25) is 5.91 Å². The molecule has 2 saturated heterocycles. The zero-order valence-corrected chi connectivity index (χ0v) is 13.8. The lowest BCUT2D eigenvalue weighted by atomic mass is 9.92. The summed E-state index contributed by atoms with van der Waals surface area (Å²) in [6.07, 6.45) is 2.81. The number of piperazine rings is 1. The number of carbonyl (C=O) groups excluding carboxylic acids is 2. The van der Waals surface area contributed by atoms with Crippen molar-refractivity contribution in [3.63, 3.8) is 0 Å². The molecule has 2 aliphatic heterocycles. The minimum absolute atomic E-state index is 0.0573. The molecule has 2 heterocycles. The maximum Gasteiger partial charge on any atom is 0.253 e. The molecule has 5 heteroatoms. The number of hydrogen-bond acceptors (Lipinski definition) is 3. The van der Waals surface area contributed by atoms with E-state index >= 15 is 0 Å². The Morgan fingerprint density at radius 2 is 1.74 bits per heavy atom. The van der Waals surface area contributed by atoms with Gasteiger partial charge in [-0.25, -0.2) is 0 Å². The van der Waals surface area contributed by atoms with Crippen LogP contribution in [0.4, 0.5) is 0 Å². The number of nitrogens with one attached hydrogen (secondary N) is 1. The first kappa shape index (κ1) is 16.0. The second-order valence-corrected chi connectivity index (χ2v) is 6.42. The van der Waals surface area contributed by atoms with E-state index in [4.69, 9.17) is 0 Å². The monoisotopic (exact) mass is 315 g/mol. The molecule has 0 aliphatic carbocycles. The van der Waals surface area contributed by atoms with Gasteiger partial charge < -0.3 is 15.1 Å². The molecule has 3 rings (SSSR count). The molecule has 1 atom stereocenters. The van der Waals surface area contributed by atoms with E-state index in [0.717, 1.165) is 31.4 Å². The number of rotatable bonds is 3. The van der Waals surface area contributed by atoms with Crippen molar-refractivity contribution in [2.75, 3.05) is 32.7 Å². The average Bonchev–Trinajstić information content (AvgIpc) is 3.12. The van der Waals surface area contributed by atoms with E-state index in [0.29, 0.717) is 26.2 Å². The highest BCUT2D eigenvalue weighted by molar-refractivity contribution is 5.94. The molecular weight excluding hydrogens is 290 g/mol. The van der Waals surface area contributed by atoms with Crippen LogP contribution < -0.4 is 5.32 Å². The fraction of sp³-hybridized carbons (Fsp3) is 0.556. The van der Waals surface area contributed by atoms with Gasteiger partial charge in [-0.15, -0.1) is 0 Å². The topological polar surface area (TPSA) is 52.7 Å². The van der Waals surface area contributed by atoms with Gasteiger partial charge in [-0.3, -0.25) is 9.59 Å². The number of benzene rings is 1. The van der Waals surface area contributed by atoms with E-state index < -0.39 is 0 Å². The molecule has 2 amide bonds. The fourth-order valence-electron chi connectivity index (χ4n) is 3.62. The highest BCUT2D eigenvalue weighted by atomic mass is 16.2. The van der Waals surface area contributed by atoms with Crippen LogP contribution in [0.2, 0.25) is 0 Å². The summed E-state index contributed by atoms with van der Waals surface area (Å²) in [6.45, 7) is 5.47. The fourth-order valence-corrected chi connectivity index (χ4v) is 3.62. The number of amides is 2. The summed E-state index contributed by atoms with van der Waals surface area (Å²) in [5.74, 6) is 0.270. The van der Waals surface area contributed by atoms with Crippen LogP contribution in [0.15, 0.2) is 30.3 Å². The Labute approximate surface area is 137 Å². The van der Waals surface area contributed by atoms with Gasteiger partial charge in [0.25, 0.3) is 5.91 Å². The Balaban J connectivity index is 1.60. The molecule has 0 aromatic heterocycles. The number of carbonyl (C=O) groups is 2. The predicted molar refractivity (Wildman–Crippen MR) is 89.2 cm³/mol. The molecule has 0 radical (unpaired) electrons. The van der Waals surface area contributed by atoms with Gasteiger partial charge in [0.05, 0.1) is 5.54 Å². The van der Waals surface area contributed by atoms with E-state index in [1.54, 1.807) is 0 Å². The molecule has 1 unspecified atom stereocenters. The van der Waals surface area contributed by atoms with Crippen LogP contribution in [0.1, 0.15) is 36.5 Å². The van der Waals surface area contributed by atoms with Gasteiger partial charge in [0.15, 0.2) is 0 Å². The van der Waals surface area contributed by atoms with Crippen LogP contribution >= 0.6 is 0 Å². The second kappa shape index (κ2) is 6.71. The van der Waals surface area contributed by atoms with Gasteiger partial charge in [0.1, 0.15) is 0 Å². The quantitative estimate of drug-likeness (QED) is 0.920. The van der Waals surface area contributed by atoms with Gasteiger partial charge >= 0.3 is 0 Å². The van der Waals surface area contributed by atoms with Crippen molar-refractivity contribution in [1.82, 2.24) is 15.1 Å². The summed E-state index contributed by atoms with van der Waals surface area (Å²) < 4.78 is 0. The Kier molecular flexibility index (Phi) is 4.66. The van der Waals surface area contributed by atoms with Crippen LogP contribution in [0.3, 0.4) is 0 Å². The Bertz CT molecular complexity index is 559. The summed E-state index contributed by atoms with van der Waals surface area (Å²) in [4.78, 5) is 29.1. The van der Waals surface area contributed by atoms with E-state index in [1.165, 1.54) is 0 Å². The normalized spacial score (nSPS) is 24.7. The summed E-state index contributed by atoms with van der Waals surface area (Å²) >= 11 is 0. The van der Waals surface area contributed by atoms with Crippen molar-refractivity contribution in [2.24, 2.45) is 0 Å². The predicted octanol–water partition coefficient (Wildman–Crippen LogP) is 1.50. The van der Waals surface area contributed by atoms with Crippen LogP contribution in [-0.4, -0.2) is 59.9 Å². The highest BCUT2D eigenvalue weighted by Crippen LogP contribution is 2.26. The molecule has 1 aromatic rings. The minimum atomic E-state index is -0.369. The Morgan fingerprint density at radius 1 is 1.09 bits per heavy atom. The lowest BCUT2D eigenvalue weighted by molar-refractivity contribution is -0.139. The van der Waals surface area contributed by atoms with Crippen molar-refractivity contribution in [3.8, 4) is 0 Å². The molecule has 124 valence electrons. The molecule has 0 bridgehead atoms. The van der Waals surface area contributed by atoms with Gasteiger partial charge in [-0.2, -0.15) is 0 Å². The average molecular weight is 315 g/mol. The first-order valence-corrected chi connectivity index (χ1v) is 8.55. The van der Waals surface area contributed by atoms with E-state index in [-0.39, 0.29) is 17.4 Å². The zero-order valence-electron chi connectivity index (χ0n) is 13.8. The maximum absolute atomic E-state index is 12.9. The number of nitrogens with zero attached hydrogens (tertiary/aromatic N) is 2. The molecule has 0 spiro atoms. The van der Waals surface area contributed by atoms with Crippen LogP contribution in [0.25, 0.3) is 0 Å². The molecule has 2 fully saturated rings. The van der Waals surface area contributed by atoms with E-state index in [2.05, 4.69) is 12.2 Å². The minimum Gasteiger partial charge on any atom is -0.338 e. The summed E-state index contributed by atoms with van der Waals surface area (Å²) in [5, 5.41) is 3.40. The molecular formula is C18H25N3O2. The molecule has 23 heavy (non-hydrogen) atoms. The van der Waals surface area contributed by atoms with Gasteiger partial charge in [0, 0.05) is 31.7 Å². The smallest absolute Gasteiger partial charge is 0.253 e. The van der Waals surface area contributed by atoms with Crippen molar-refractivity contribution in [1.29, 1.82) is 0 Å². The Hall–Kier alpha value is -1.88. The van der Waals surface area contributed by atoms with Crippen LogP contribution in [0, 0.1) is 0 Å². The molecule has 1 aromatic carbocycles. The van der Waals surface area contributed by atoms with Crippen LogP contribution in [-0.2, 0) is 4.79 Å². The first-order chi connectivity index (χ1) is 11.2. The summed E-state index contributed by atoms with van der Waals surface area (Å²) in [7, 11) is 0. The van der Waals surface area contributed by atoms with E-state index in [1.807, 2.05) is 40.1 Å². The van der Waals surface area contributed by atoms with Crippen molar-refractivity contribution in [2.45, 2.75) is 31.7 Å². The lowest BCUT2D eigenvalue weighted by Crippen LogP contribution is -2.59. The maximum atomic E-state index is 12.9. The zero-order chi connectivity index (χ0) is 16.3. The standard InChI is InChI=1S/C18H25N3O2/c1-2-18(9-6-10-19-18)17(23)21-13-11-20(12-14-21)16(22)15-7-4-3-5-8-15/h3-5,7-8,19H,2,6,9-14H2,1H3. The third-order valence-corrected chi connectivity index (χ3v) is 5.13. The first-order valence-electron chi connectivity index (χ1n) is 8.55. The third kappa shape index (κ3) is 3.11. The molecule has 2 aliphatic rings. The SMILES string of the molecule is CCC1(C(=O)N2CCN(C(=O)c3ccccc3)CC2)CCCN1. The Morgan fingerprint density at radius 3 is 2.30 bits per heavy atom. The third-order valence-electron chi connectivity index (χ3n) is 5.13. The van der Waals surface area contributed by atoms with Crippen molar-refractivity contribution < 1.29 is 9.59 Å². The van der Waals surface area contributed by atoms with Crippen molar-refractivity contribution in [3.05, 3.63) is 35.9 Å². The van der Waals surface area contributed by atoms with Gasteiger partial charge in [-0.1, -0.05) is 25.1 Å².